The molecule has 0 aromatic heterocycles. The Labute approximate surface area is 137 Å². The Morgan fingerprint density at radius 3 is 2.26 bits per heavy atom. The third-order valence-corrected chi connectivity index (χ3v) is 2.93. The summed E-state index contributed by atoms with van der Waals surface area (Å²) < 4.78 is 21.0. The number of rotatable bonds is 13. The zero-order valence-electron chi connectivity index (χ0n) is 13.7. The minimum Gasteiger partial charge on any atom is -0.491 e. The Bertz CT molecular complexity index is 418. The van der Waals surface area contributed by atoms with Gasteiger partial charge in [0, 0.05) is 0 Å². The molecule has 0 bridgehead atoms. The molecule has 0 aliphatic heterocycles. The van der Waals surface area contributed by atoms with Crippen LogP contribution < -0.4 is 4.74 Å². The molecule has 0 unspecified atom stereocenters. The van der Waals surface area contributed by atoms with Crippen molar-refractivity contribution in [2.75, 3.05) is 46.2 Å². The summed E-state index contributed by atoms with van der Waals surface area (Å²) in [4.78, 5) is 11.7. The van der Waals surface area contributed by atoms with Crippen molar-refractivity contribution >= 4 is 5.97 Å². The van der Waals surface area contributed by atoms with E-state index in [1.54, 1.807) is 24.3 Å². The molecule has 6 heteroatoms. The van der Waals surface area contributed by atoms with Crippen molar-refractivity contribution in [3.63, 3.8) is 0 Å². The zero-order chi connectivity index (χ0) is 16.8. The normalized spacial score (nSPS) is 10.5. The van der Waals surface area contributed by atoms with Gasteiger partial charge in [-0.2, -0.15) is 0 Å². The van der Waals surface area contributed by atoms with Crippen LogP contribution in [0.1, 0.15) is 30.1 Å². The summed E-state index contributed by atoms with van der Waals surface area (Å²) in [5.41, 5.74) is 0.519. The lowest BCUT2D eigenvalue weighted by atomic mass is 10.2. The van der Waals surface area contributed by atoms with Crippen molar-refractivity contribution < 1.29 is 28.8 Å². The van der Waals surface area contributed by atoms with E-state index in [0.29, 0.717) is 51.0 Å². The Kier molecular flexibility index (Phi) is 10.9. The fourth-order valence-corrected chi connectivity index (χ4v) is 1.68. The molecule has 0 aliphatic carbocycles. The molecule has 0 saturated carbocycles. The van der Waals surface area contributed by atoms with E-state index in [2.05, 4.69) is 0 Å². The number of aliphatic hydroxyl groups is 1. The van der Waals surface area contributed by atoms with E-state index >= 15 is 0 Å². The van der Waals surface area contributed by atoms with Crippen molar-refractivity contribution in [1.29, 1.82) is 0 Å². The van der Waals surface area contributed by atoms with Gasteiger partial charge in [-0.1, -0.05) is 13.3 Å². The summed E-state index contributed by atoms with van der Waals surface area (Å²) in [5.74, 6) is 0.367. The Balaban J connectivity index is 2.15. The van der Waals surface area contributed by atoms with Crippen molar-refractivity contribution in [1.82, 2.24) is 0 Å². The second kappa shape index (κ2) is 12.9. The Morgan fingerprint density at radius 1 is 0.957 bits per heavy atom. The molecule has 1 rings (SSSR count). The fourth-order valence-electron chi connectivity index (χ4n) is 1.68. The van der Waals surface area contributed by atoms with Crippen molar-refractivity contribution in [3.8, 4) is 5.75 Å². The van der Waals surface area contributed by atoms with Gasteiger partial charge in [0.25, 0.3) is 0 Å². The number of aliphatic hydroxyl groups excluding tert-OH is 1. The predicted molar refractivity (Wildman–Crippen MR) is 85.9 cm³/mol. The summed E-state index contributed by atoms with van der Waals surface area (Å²) in [5, 5.41) is 8.53. The van der Waals surface area contributed by atoms with Crippen LogP contribution >= 0.6 is 0 Å². The largest absolute Gasteiger partial charge is 0.491 e. The van der Waals surface area contributed by atoms with E-state index in [9.17, 15) is 4.79 Å². The molecule has 0 heterocycles. The van der Waals surface area contributed by atoms with Crippen LogP contribution in [0.15, 0.2) is 24.3 Å². The van der Waals surface area contributed by atoms with Gasteiger partial charge in [0.1, 0.15) is 12.4 Å². The monoisotopic (exact) mass is 326 g/mol. The smallest absolute Gasteiger partial charge is 0.338 e. The van der Waals surface area contributed by atoms with E-state index in [0.717, 1.165) is 12.8 Å². The average molecular weight is 326 g/mol. The molecular weight excluding hydrogens is 300 g/mol. The molecule has 1 aromatic carbocycles. The molecule has 130 valence electrons. The second-order valence-corrected chi connectivity index (χ2v) is 4.81. The number of ether oxygens (including phenoxy) is 4. The second-order valence-electron chi connectivity index (χ2n) is 4.81. The van der Waals surface area contributed by atoms with Crippen LogP contribution in [-0.4, -0.2) is 57.3 Å². The van der Waals surface area contributed by atoms with E-state index in [1.807, 2.05) is 6.92 Å². The van der Waals surface area contributed by atoms with Gasteiger partial charge in [-0.3, -0.25) is 0 Å². The average Bonchev–Trinajstić information content (AvgIpc) is 2.58. The maximum atomic E-state index is 11.7. The third kappa shape index (κ3) is 9.18. The van der Waals surface area contributed by atoms with Crippen LogP contribution in [0.2, 0.25) is 0 Å². The van der Waals surface area contributed by atoms with E-state index < -0.39 is 0 Å². The Morgan fingerprint density at radius 2 is 1.61 bits per heavy atom. The molecule has 0 radical (unpaired) electrons. The molecule has 1 N–H and O–H groups in total. The summed E-state index contributed by atoms with van der Waals surface area (Å²) in [6, 6.07) is 6.85. The summed E-state index contributed by atoms with van der Waals surface area (Å²) >= 11 is 0. The number of carbonyl (C=O) groups excluding carboxylic acids is 1. The summed E-state index contributed by atoms with van der Waals surface area (Å²) in [6.45, 7) is 4.63. The number of unbranched alkanes of at least 4 members (excludes halogenated alkanes) is 1. The molecule has 0 saturated heterocycles. The minimum absolute atomic E-state index is 0.0191. The van der Waals surface area contributed by atoms with Crippen LogP contribution in [0.5, 0.6) is 5.75 Å². The van der Waals surface area contributed by atoms with E-state index in [1.165, 1.54) is 0 Å². The summed E-state index contributed by atoms with van der Waals surface area (Å²) in [6.07, 6.45) is 1.87. The highest BCUT2D eigenvalue weighted by Crippen LogP contribution is 2.13. The molecule has 0 amide bonds. The van der Waals surface area contributed by atoms with Gasteiger partial charge >= 0.3 is 5.97 Å². The van der Waals surface area contributed by atoms with Gasteiger partial charge in [0.05, 0.1) is 45.2 Å². The molecule has 0 spiro atoms. The first kappa shape index (κ1) is 19.4. The molecule has 0 atom stereocenters. The Hall–Kier alpha value is -1.63. The first-order valence-corrected chi connectivity index (χ1v) is 7.94. The number of hydrogen-bond acceptors (Lipinski definition) is 6. The van der Waals surface area contributed by atoms with Crippen LogP contribution in [0.25, 0.3) is 0 Å². The predicted octanol–water partition coefficient (Wildman–Crippen LogP) is 2.05. The van der Waals surface area contributed by atoms with Gasteiger partial charge in [0.2, 0.25) is 0 Å². The summed E-state index contributed by atoms with van der Waals surface area (Å²) in [7, 11) is 0. The van der Waals surface area contributed by atoms with E-state index in [4.69, 9.17) is 24.1 Å². The third-order valence-electron chi connectivity index (χ3n) is 2.93. The van der Waals surface area contributed by atoms with Crippen molar-refractivity contribution in [3.05, 3.63) is 29.8 Å². The highest BCUT2D eigenvalue weighted by molar-refractivity contribution is 5.89. The first-order chi connectivity index (χ1) is 11.3. The highest BCUT2D eigenvalue weighted by Gasteiger charge is 2.06. The quantitative estimate of drug-likeness (QED) is 0.442. The molecule has 6 nitrogen and oxygen atoms in total. The zero-order valence-corrected chi connectivity index (χ0v) is 13.7. The molecule has 23 heavy (non-hydrogen) atoms. The lowest BCUT2D eigenvalue weighted by molar-refractivity contribution is 0.0247. The first-order valence-electron chi connectivity index (χ1n) is 7.94. The highest BCUT2D eigenvalue weighted by atomic mass is 16.5. The number of hydrogen-bond donors (Lipinski definition) is 1. The van der Waals surface area contributed by atoms with Gasteiger partial charge in [0.15, 0.2) is 0 Å². The van der Waals surface area contributed by atoms with Crippen LogP contribution in [-0.2, 0) is 14.2 Å². The maximum absolute atomic E-state index is 11.7. The molecule has 0 aliphatic rings. The lowest BCUT2D eigenvalue weighted by Crippen LogP contribution is -2.12. The van der Waals surface area contributed by atoms with Crippen LogP contribution in [0.4, 0.5) is 0 Å². The van der Waals surface area contributed by atoms with E-state index in [-0.39, 0.29) is 12.6 Å². The molecule has 0 fully saturated rings. The number of esters is 1. The topological polar surface area (TPSA) is 74.2 Å². The van der Waals surface area contributed by atoms with Crippen LogP contribution in [0.3, 0.4) is 0 Å². The van der Waals surface area contributed by atoms with Gasteiger partial charge in [-0.05, 0) is 30.7 Å². The fraction of sp³-hybridized carbons (Fsp3) is 0.588. The molecule has 1 aromatic rings. The number of carbonyl (C=O) groups is 1. The van der Waals surface area contributed by atoms with Gasteiger partial charge < -0.3 is 24.1 Å². The van der Waals surface area contributed by atoms with Crippen molar-refractivity contribution in [2.45, 2.75) is 19.8 Å². The van der Waals surface area contributed by atoms with Crippen LogP contribution in [0, 0.1) is 0 Å². The molecular formula is C17H26O6. The minimum atomic E-state index is -0.309. The number of benzene rings is 1. The lowest BCUT2D eigenvalue weighted by Gasteiger charge is -2.08. The SMILES string of the molecule is CCCCOC(=O)c1ccc(OCCOCCOCCO)cc1. The van der Waals surface area contributed by atoms with Crippen molar-refractivity contribution in [2.24, 2.45) is 0 Å². The van der Waals surface area contributed by atoms with Gasteiger partial charge in [-0.15, -0.1) is 0 Å². The van der Waals surface area contributed by atoms with Gasteiger partial charge in [-0.25, -0.2) is 4.79 Å². The standard InChI is InChI=1S/C17H26O6/c1-2-3-9-23-17(19)15-4-6-16(7-5-15)22-14-13-21-12-11-20-10-8-18/h4-7,18H,2-3,8-14H2,1H3. The maximum Gasteiger partial charge on any atom is 0.338 e.